The molecule has 3 aromatic rings. The van der Waals surface area contributed by atoms with Crippen LogP contribution in [0.2, 0.25) is 0 Å². The Morgan fingerprint density at radius 3 is 2.35 bits per heavy atom. The lowest BCUT2D eigenvalue weighted by Gasteiger charge is -2.11. The number of thiophene rings is 1. The zero-order valence-corrected chi connectivity index (χ0v) is 19.3. The van der Waals surface area contributed by atoms with Gasteiger partial charge >= 0.3 is 0 Å². The van der Waals surface area contributed by atoms with Crippen LogP contribution >= 0.6 is 23.6 Å². The van der Waals surface area contributed by atoms with Crippen molar-refractivity contribution in [1.29, 1.82) is 0 Å². The molecule has 0 saturated carbocycles. The molecule has 31 heavy (non-hydrogen) atoms. The van der Waals surface area contributed by atoms with Crippen LogP contribution in [0.5, 0.6) is 0 Å². The number of rotatable bonds is 6. The van der Waals surface area contributed by atoms with Crippen molar-refractivity contribution in [3.63, 3.8) is 0 Å². The molecule has 0 spiro atoms. The summed E-state index contributed by atoms with van der Waals surface area (Å²) in [6.07, 6.45) is 3.10. The van der Waals surface area contributed by atoms with E-state index in [1.165, 1.54) is 29.5 Å². The lowest BCUT2D eigenvalue weighted by molar-refractivity contribution is -0.115. The molecule has 2 aromatic carbocycles. The summed E-state index contributed by atoms with van der Waals surface area (Å²) in [5.74, 6) is -0.359. The van der Waals surface area contributed by atoms with Crippen LogP contribution in [-0.2, 0) is 14.8 Å². The number of carbonyl (C=O) groups excluding carboxylic acids is 1. The number of anilines is 2. The normalized spacial score (nSPS) is 11.3. The Kier molecular flexibility index (Phi) is 7.21. The van der Waals surface area contributed by atoms with Gasteiger partial charge in [-0.25, -0.2) is 8.42 Å². The molecule has 0 aliphatic rings. The van der Waals surface area contributed by atoms with E-state index in [4.69, 9.17) is 12.2 Å². The zero-order chi connectivity index (χ0) is 22.4. The Morgan fingerprint density at radius 1 is 1.00 bits per heavy atom. The highest BCUT2D eigenvalue weighted by Crippen LogP contribution is 2.20. The van der Waals surface area contributed by atoms with Gasteiger partial charge in [-0.05, 0) is 91.1 Å². The smallest absolute Gasteiger partial charge is 0.261 e. The summed E-state index contributed by atoms with van der Waals surface area (Å²) in [5.41, 5.74) is 3.14. The lowest BCUT2D eigenvalue weighted by Crippen LogP contribution is -2.32. The van der Waals surface area contributed by atoms with E-state index in [1.807, 2.05) is 37.4 Å². The minimum atomic E-state index is -3.72. The third kappa shape index (κ3) is 6.48. The maximum Gasteiger partial charge on any atom is 0.261 e. The molecule has 6 nitrogen and oxygen atoms in total. The van der Waals surface area contributed by atoms with Crippen molar-refractivity contribution in [1.82, 2.24) is 5.32 Å². The van der Waals surface area contributed by atoms with Gasteiger partial charge in [-0.15, -0.1) is 11.3 Å². The summed E-state index contributed by atoms with van der Waals surface area (Å²) >= 11 is 6.66. The fourth-order valence-electron chi connectivity index (χ4n) is 2.60. The SMILES string of the molecule is Cc1ccc(NS(=O)(=O)c2ccc(NC(=S)NC(=O)/C=C/c3cccs3)cc2)cc1C. The van der Waals surface area contributed by atoms with Gasteiger partial charge in [-0.3, -0.25) is 14.8 Å². The standard InChI is InChI=1S/C22H21N3O3S3/c1-15-5-6-18(14-16(15)2)25-31(27,28)20-10-7-17(8-11-20)23-22(29)24-21(26)12-9-19-4-3-13-30-19/h3-14,25H,1-2H3,(H2,23,24,26,29)/b12-9+. The van der Waals surface area contributed by atoms with E-state index in [0.29, 0.717) is 11.4 Å². The molecule has 1 amide bonds. The van der Waals surface area contributed by atoms with E-state index in [0.717, 1.165) is 16.0 Å². The molecular weight excluding hydrogens is 450 g/mol. The van der Waals surface area contributed by atoms with E-state index >= 15 is 0 Å². The quantitative estimate of drug-likeness (QED) is 0.359. The average molecular weight is 472 g/mol. The Hall–Kier alpha value is -3.01. The Balaban J connectivity index is 1.59. The second-order valence-electron chi connectivity index (χ2n) is 6.72. The molecule has 9 heteroatoms. The van der Waals surface area contributed by atoms with Crippen molar-refractivity contribution in [2.75, 3.05) is 10.0 Å². The number of sulfonamides is 1. The topological polar surface area (TPSA) is 87.3 Å². The first-order valence-electron chi connectivity index (χ1n) is 9.27. The molecule has 0 unspecified atom stereocenters. The van der Waals surface area contributed by atoms with E-state index in [1.54, 1.807) is 30.3 Å². The molecule has 1 heterocycles. The minimum Gasteiger partial charge on any atom is -0.332 e. The first-order chi connectivity index (χ1) is 14.7. The molecule has 0 atom stereocenters. The summed E-state index contributed by atoms with van der Waals surface area (Å²) < 4.78 is 27.8. The van der Waals surface area contributed by atoms with Gasteiger partial charge in [-0.2, -0.15) is 0 Å². The summed E-state index contributed by atoms with van der Waals surface area (Å²) in [5, 5.41) is 7.44. The van der Waals surface area contributed by atoms with Gasteiger partial charge in [0.05, 0.1) is 4.90 Å². The summed E-state index contributed by atoms with van der Waals surface area (Å²) in [6, 6.07) is 15.3. The number of aryl methyl sites for hydroxylation is 2. The van der Waals surface area contributed by atoms with Crippen LogP contribution in [0.25, 0.3) is 6.08 Å². The van der Waals surface area contributed by atoms with Gasteiger partial charge < -0.3 is 5.32 Å². The number of thiocarbonyl (C=S) groups is 1. The number of hydrogen-bond donors (Lipinski definition) is 3. The Morgan fingerprint density at radius 2 is 1.71 bits per heavy atom. The Labute approximate surface area is 191 Å². The third-order valence-electron chi connectivity index (χ3n) is 4.36. The molecule has 0 fully saturated rings. The van der Waals surface area contributed by atoms with Crippen LogP contribution in [0.4, 0.5) is 11.4 Å². The van der Waals surface area contributed by atoms with Gasteiger partial charge in [0.1, 0.15) is 0 Å². The van der Waals surface area contributed by atoms with Gasteiger partial charge in [-0.1, -0.05) is 12.1 Å². The van der Waals surface area contributed by atoms with Crippen LogP contribution < -0.4 is 15.4 Å². The molecule has 3 rings (SSSR count). The highest BCUT2D eigenvalue weighted by atomic mass is 32.2. The molecule has 1 aromatic heterocycles. The average Bonchev–Trinajstić information content (AvgIpc) is 3.23. The molecule has 160 valence electrons. The monoisotopic (exact) mass is 471 g/mol. The van der Waals surface area contributed by atoms with E-state index in [-0.39, 0.29) is 15.9 Å². The summed E-state index contributed by atoms with van der Waals surface area (Å²) in [7, 11) is -3.72. The number of benzene rings is 2. The maximum absolute atomic E-state index is 12.6. The number of nitrogens with one attached hydrogen (secondary N) is 3. The first-order valence-corrected chi connectivity index (χ1v) is 12.0. The van der Waals surface area contributed by atoms with Gasteiger partial charge in [0.15, 0.2) is 5.11 Å². The van der Waals surface area contributed by atoms with E-state index < -0.39 is 10.0 Å². The summed E-state index contributed by atoms with van der Waals surface area (Å²) in [6.45, 7) is 3.89. The molecule has 0 aliphatic heterocycles. The highest BCUT2D eigenvalue weighted by molar-refractivity contribution is 7.92. The second kappa shape index (κ2) is 9.86. The Bertz CT molecular complexity index is 1220. The third-order valence-corrected chi connectivity index (χ3v) is 6.80. The van der Waals surface area contributed by atoms with Crippen molar-refractivity contribution < 1.29 is 13.2 Å². The minimum absolute atomic E-state index is 0.115. The predicted molar refractivity (Wildman–Crippen MR) is 131 cm³/mol. The number of carbonyl (C=O) groups is 1. The molecule has 0 bridgehead atoms. The van der Waals surface area contributed by atoms with Crippen LogP contribution in [0.3, 0.4) is 0 Å². The van der Waals surface area contributed by atoms with Crippen LogP contribution in [0.15, 0.2) is 70.9 Å². The molecular formula is C22H21N3O3S3. The second-order valence-corrected chi connectivity index (χ2v) is 9.79. The summed E-state index contributed by atoms with van der Waals surface area (Å²) in [4.78, 5) is 13.0. The maximum atomic E-state index is 12.6. The molecule has 0 saturated heterocycles. The highest BCUT2D eigenvalue weighted by Gasteiger charge is 2.14. The van der Waals surface area contributed by atoms with Crippen molar-refractivity contribution in [3.05, 3.63) is 82.1 Å². The van der Waals surface area contributed by atoms with Gasteiger partial charge in [0, 0.05) is 22.3 Å². The number of hydrogen-bond acceptors (Lipinski definition) is 5. The van der Waals surface area contributed by atoms with E-state index in [2.05, 4.69) is 15.4 Å². The van der Waals surface area contributed by atoms with Crippen molar-refractivity contribution >= 4 is 62.0 Å². The largest absolute Gasteiger partial charge is 0.332 e. The van der Waals surface area contributed by atoms with Gasteiger partial charge in [0.2, 0.25) is 5.91 Å². The predicted octanol–water partition coefficient (Wildman–Crippen LogP) is 4.69. The first kappa shape index (κ1) is 22.7. The zero-order valence-electron chi connectivity index (χ0n) is 16.9. The van der Waals surface area contributed by atoms with Crippen molar-refractivity contribution in [2.45, 2.75) is 18.7 Å². The lowest BCUT2D eigenvalue weighted by atomic mass is 10.1. The number of amides is 1. The molecule has 0 aliphatic carbocycles. The van der Waals surface area contributed by atoms with Gasteiger partial charge in [0.25, 0.3) is 10.0 Å². The van der Waals surface area contributed by atoms with Crippen LogP contribution in [-0.4, -0.2) is 19.4 Å². The van der Waals surface area contributed by atoms with Crippen LogP contribution in [0, 0.1) is 13.8 Å². The molecule has 0 radical (unpaired) electrons. The van der Waals surface area contributed by atoms with E-state index in [9.17, 15) is 13.2 Å². The van der Waals surface area contributed by atoms with Crippen molar-refractivity contribution in [3.8, 4) is 0 Å². The molecule has 3 N–H and O–H groups in total. The fraction of sp³-hybridized carbons (Fsp3) is 0.0909. The fourth-order valence-corrected chi connectivity index (χ4v) is 4.48. The van der Waals surface area contributed by atoms with Crippen LogP contribution in [0.1, 0.15) is 16.0 Å². The van der Waals surface area contributed by atoms with Crippen molar-refractivity contribution in [2.24, 2.45) is 0 Å².